The summed E-state index contributed by atoms with van der Waals surface area (Å²) in [6.45, 7) is 0.167. The summed E-state index contributed by atoms with van der Waals surface area (Å²) in [5, 5.41) is 13.3. The number of phenols is 1. The van der Waals surface area contributed by atoms with Crippen LogP contribution in [0.4, 0.5) is 0 Å². The number of benzene rings is 2. The van der Waals surface area contributed by atoms with E-state index in [1.165, 1.54) is 18.4 Å². The predicted octanol–water partition coefficient (Wildman–Crippen LogP) is 3.07. The molecule has 1 heterocycles. The molecule has 0 spiro atoms. The zero-order valence-corrected chi connectivity index (χ0v) is 15.6. The van der Waals surface area contributed by atoms with Gasteiger partial charge in [-0.2, -0.15) is 0 Å². The summed E-state index contributed by atoms with van der Waals surface area (Å²) in [6.07, 6.45) is 1.39. The average Bonchev–Trinajstić information content (AvgIpc) is 3.06. The second-order valence-corrected chi connectivity index (χ2v) is 6.37. The molecule has 28 heavy (non-hydrogen) atoms. The third-order valence-electron chi connectivity index (χ3n) is 3.84. The molecule has 3 aromatic rings. The van der Waals surface area contributed by atoms with Crippen LogP contribution in [0.1, 0.15) is 5.56 Å². The van der Waals surface area contributed by atoms with Crippen LogP contribution in [-0.2, 0) is 20.7 Å². The van der Waals surface area contributed by atoms with Gasteiger partial charge in [0.05, 0.1) is 19.2 Å². The third-order valence-corrected chi connectivity index (χ3v) is 4.10. The molecular formula is C20H18ClNO6. The van der Waals surface area contributed by atoms with Gasteiger partial charge >= 0.3 is 5.97 Å². The molecule has 2 N–H and O–H groups in total. The molecule has 1 amide bonds. The number of aromatic hydroxyl groups is 1. The van der Waals surface area contributed by atoms with E-state index in [9.17, 15) is 14.7 Å². The fourth-order valence-corrected chi connectivity index (χ4v) is 2.63. The Morgan fingerprint density at radius 2 is 1.93 bits per heavy atom. The van der Waals surface area contributed by atoms with Gasteiger partial charge in [-0.3, -0.25) is 9.59 Å². The number of halogens is 1. The van der Waals surface area contributed by atoms with Crippen molar-refractivity contribution in [3.05, 3.63) is 59.3 Å². The Morgan fingerprint density at radius 3 is 2.71 bits per heavy atom. The van der Waals surface area contributed by atoms with Gasteiger partial charge in [0.1, 0.15) is 23.7 Å². The van der Waals surface area contributed by atoms with Gasteiger partial charge in [0.15, 0.2) is 6.61 Å². The lowest BCUT2D eigenvalue weighted by Crippen LogP contribution is -2.32. The first-order valence-electron chi connectivity index (χ1n) is 8.51. The molecule has 8 heteroatoms. The van der Waals surface area contributed by atoms with Crippen molar-refractivity contribution in [2.75, 3.05) is 19.8 Å². The highest BCUT2D eigenvalue weighted by molar-refractivity contribution is 6.30. The number of esters is 1. The van der Waals surface area contributed by atoms with Gasteiger partial charge in [-0.25, -0.2) is 0 Å². The summed E-state index contributed by atoms with van der Waals surface area (Å²) in [5.41, 5.74) is 1.10. The van der Waals surface area contributed by atoms with Crippen molar-refractivity contribution in [2.24, 2.45) is 0 Å². The van der Waals surface area contributed by atoms with Crippen molar-refractivity contribution in [1.82, 2.24) is 5.32 Å². The Hall–Kier alpha value is -3.19. The van der Waals surface area contributed by atoms with E-state index in [0.717, 1.165) is 0 Å². The topological polar surface area (TPSA) is 98.0 Å². The standard InChI is InChI=1S/C20H18ClNO6/c21-14-1-4-16(5-2-14)26-8-7-22-19(24)12-28-20(25)9-13-11-27-18-10-15(23)3-6-17(13)18/h1-6,10-11,23H,7-9,12H2,(H,22,24). The summed E-state index contributed by atoms with van der Waals surface area (Å²) in [7, 11) is 0. The van der Waals surface area contributed by atoms with E-state index in [2.05, 4.69) is 5.32 Å². The number of carbonyl (C=O) groups excluding carboxylic acids is 2. The van der Waals surface area contributed by atoms with E-state index in [1.807, 2.05) is 0 Å². The van der Waals surface area contributed by atoms with Crippen LogP contribution in [0, 0.1) is 0 Å². The van der Waals surface area contributed by atoms with Crippen molar-refractivity contribution in [3.63, 3.8) is 0 Å². The molecule has 0 aliphatic heterocycles. The second-order valence-electron chi connectivity index (χ2n) is 5.93. The van der Waals surface area contributed by atoms with Crippen LogP contribution in [0.3, 0.4) is 0 Å². The smallest absolute Gasteiger partial charge is 0.310 e. The quantitative estimate of drug-likeness (QED) is 0.443. The number of ether oxygens (including phenoxy) is 2. The van der Waals surface area contributed by atoms with Crippen LogP contribution in [0.2, 0.25) is 5.02 Å². The molecule has 0 aliphatic carbocycles. The number of rotatable bonds is 8. The molecule has 3 rings (SSSR count). The molecule has 0 aliphatic rings. The molecule has 0 fully saturated rings. The lowest BCUT2D eigenvalue weighted by molar-refractivity contribution is -0.147. The Morgan fingerprint density at radius 1 is 1.14 bits per heavy atom. The van der Waals surface area contributed by atoms with E-state index >= 15 is 0 Å². The normalized spacial score (nSPS) is 10.6. The van der Waals surface area contributed by atoms with E-state index in [1.54, 1.807) is 30.3 Å². The Balaban J connectivity index is 1.36. The molecule has 146 valence electrons. The lowest BCUT2D eigenvalue weighted by Gasteiger charge is -2.08. The predicted molar refractivity (Wildman–Crippen MR) is 102 cm³/mol. The number of phenolic OH excluding ortho intramolecular Hbond substituents is 1. The summed E-state index contributed by atoms with van der Waals surface area (Å²) in [6, 6.07) is 11.5. The minimum Gasteiger partial charge on any atom is -0.508 e. The number of amides is 1. The van der Waals surface area contributed by atoms with Crippen LogP contribution >= 0.6 is 11.6 Å². The molecule has 0 atom stereocenters. The van der Waals surface area contributed by atoms with Gasteiger partial charge in [-0.05, 0) is 36.4 Å². The maximum Gasteiger partial charge on any atom is 0.310 e. The molecule has 0 radical (unpaired) electrons. The molecule has 0 saturated carbocycles. The first-order valence-corrected chi connectivity index (χ1v) is 8.89. The van der Waals surface area contributed by atoms with Gasteiger partial charge in [-0.15, -0.1) is 0 Å². The molecular weight excluding hydrogens is 386 g/mol. The van der Waals surface area contributed by atoms with Gasteiger partial charge in [0.25, 0.3) is 5.91 Å². The van der Waals surface area contributed by atoms with Gasteiger partial charge in [0, 0.05) is 22.0 Å². The van der Waals surface area contributed by atoms with E-state index in [-0.39, 0.29) is 31.9 Å². The minimum atomic E-state index is -0.552. The van der Waals surface area contributed by atoms with E-state index in [4.69, 9.17) is 25.5 Å². The van der Waals surface area contributed by atoms with Crippen molar-refractivity contribution in [3.8, 4) is 11.5 Å². The second kappa shape index (κ2) is 9.14. The Bertz CT molecular complexity index is 966. The van der Waals surface area contributed by atoms with E-state index < -0.39 is 11.9 Å². The molecule has 1 aromatic heterocycles. The van der Waals surface area contributed by atoms with Crippen LogP contribution in [0.15, 0.2) is 53.1 Å². The molecule has 7 nitrogen and oxygen atoms in total. The van der Waals surface area contributed by atoms with E-state index in [0.29, 0.717) is 27.3 Å². The van der Waals surface area contributed by atoms with Crippen LogP contribution < -0.4 is 10.1 Å². The van der Waals surface area contributed by atoms with Crippen molar-refractivity contribution >= 4 is 34.4 Å². The summed E-state index contributed by atoms with van der Waals surface area (Å²) >= 11 is 5.79. The molecule has 2 aromatic carbocycles. The highest BCUT2D eigenvalue weighted by atomic mass is 35.5. The zero-order valence-electron chi connectivity index (χ0n) is 14.8. The Labute approximate surface area is 165 Å². The molecule has 0 saturated heterocycles. The summed E-state index contributed by atoms with van der Waals surface area (Å²) in [5.74, 6) is -0.253. The molecule has 0 bridgehead atoms. The number of fused-ring (bicyclic) bond motifs is 1. The summed E-state index contributed by atoms with van der Waals surface area (Å²) < 4.78 is 15.7. The largest absolute Gasteiger partial charge is 0.508 e. The van der Waals surface area contributed by atoms with Gasteiger partial charge < -0.3 is 24.3 Å². The fraction of sp³-hybridized carbons (Fsp3) is 0.200. The maximum atomic E-state index is 11.9. The Kier molecular flexibility index (Phi) is 6.39. The monoisotopic (exact) mass is 403 g/mol. The fourth-order valence-electron chi connectivity index (χ4n) is 2.50. The number of nitrogens with one attached hydrogen (secondary N) is 1. The highest BCUT2D eigenvalue weighted by Crippen LogP contribution is 2.25. The highest BCUT2D eigenvalue weighted by Gasteiger charge is 2.13. The van der Waals surface area contributed by atoms with Gasteiger partial charge in [0.2, 0.25) is 0 Å². The number of carbonyl (C=O) groups is 2. The minimum absolute atomic E-state index is 0.0370. The van der Waals surface area contributed by atoms with Crippen molar-refractivity contribution < 1.29 is 28.6 Å². The van der Waals surface area contributed by atoms with Crippen molar-refractivity contribution in [1.29, 1.82) is 0 Å². The number of hydrogen-bond donors (Lipinski definition) is 2. The lowest BCUT2D eigenvalue weighted by atomic mass is 10.1. The first kappa shape index (κ1) is 19.6. The van der Waals surface area contributed by atoms with Gasteiger partial charge in [-0.1, -0.05) is 11.6 Å². The molecule has 0 unspecified atom stereocenters. The zero-order chi connectivity index (χ0) is 19.9. The number of furan rings is 1. The SMILES string of the molecule is O=C(COC(=O)Cc1coc2cc(O)ccc12)NCCOc1ccc(Cl)cc1. The van der Waals surface area contributed by atoms with Crippen LogP contribution in [0.25, 0.3) is 11.0 Å². The average molecular weight is 404 g/mol. The van der Waals surface area contributed by atoms with Crippen LogP contribution in [0.5, 0.6) is 11.5 Å². The van der Waals surface area contributed by atoms with Crippen LogP contribution in [-0.4, -0.2) is 36.7 Å². The number of hydrogen-bond acceptors (Lipinski definition) is 6. The third kappa shape index (κ3) is 5.40. The van der Waals surface area contributed by atoms with Crippen molar-refractivity contribution in [2.45, 2.75) is 6.42 Å². The maximum absolute atomic E-state index is 11.9. The first-order chi connectivity index (χ1) is 13.5. The summed E-state index contributed by atoms with van der Waals surface area (Å²) in [4.78, 5) is 23.7.